The monoisotopic (exact) mass is 246 g/mol. The van der Waals surface area contributed by atoms with Crippen molar-refractivity contribution in [1.82, 2.24) is 0 Å². The third-order valence-electron chi connectivity index (χ3n) is 3.00. The molecule has 0 N–H and O–H groups in total. The lowest BCUT2D eigenvalue weighted by Crippen LogP contribution is -2.01. The molecular formula is C14H11ClO2. The molecule has 0 unspecified atom stereocenters. The Labute approximate surface area is 104 Å². The highest BCUT2D eigenvalue weighted by atomic mass is 35.5. The standard InChI is InChI=1S/C14H11ClO2/c15-11-4-5-13-10(6-11)8-14(17-13)9-2-1-3-12(16)7-9/h4-8H,1-3H2. The quantitative estimate of drug-likeness (QED) is 0.754. The summed E-state index contributed by atoms with van der Waals surface area (Å²) in [6.07, 6.45) is 4.15. The maximum Gasteiger partial charge on any atom is 0.156 e. The third-order valence-corrected chi connectivity index (χ3v) is 3.23. The zero-order valence-electron chi connectivity index (χ0n) is 9.20. The summed E-state index contributed by atoms with van der Waals surface area (Å²) in [6, 6.07) is 7.48. The minimum absolute atomic E-state index is 0.185. The summed E-state index contributed by atoms with van der Waals surface area (Å²) in [7, 11) is 0. The van der Waals surface area contributed by atoms with Gasteiger partial charge in [-0.2, -0.15) is 0 Å². The second kappa shape index (κ2) is 4.04. The molecule has 0 radical (unpaired) electrons. The molecule has 1 aliphatic carbocycles. The van der Waals surface area contributed by atoms with E-state index in [9.17, 15) is 4.79 Å². The van der Waals surface area contributed by atoms with Gasteiger partial charge in [0.15, 0.2) is 5.78 Å². The van der Waals surface area contributed by atoms with Crippen molar-refractivity contribution >= 4 is 33.9 Å². The molecule has 86 valence electrons. The van der Waals surface area contributed by atoms with Gasteiger partial charge in [-0.25, -0.2) is 0 Å². The number of carbonyl (C=O) groups excluding carboxylic acids is 1. The second-order valence-corrected chi connectivity index (χ2v) is 4.72. The Morgan fingerprint density at radius 2 is 2.06 bits per heavy atom. The minimum atomic E-state index is 0.185. The highest BCUT2D eigenvalue weighted by molar-refractivity contribution is 6.31. The number of benzene rings is 1. The Balaban J connectivity index is 2.09. The Morgan fingerprint density at radius 3 is 2.88 bits per heavy atom. The predicted molar refractivity (Wildman–Crippen MR) is 68.1 cm³/mol. The predicted octanol–water partition coefficient (Wildman–Crippen LogP) is 4.22. The molecular weight excluding hydrogens is 236 g/mol. The van der Waals surface area contributed by atoms with Gasteiger partial charge in [0.25, 0.3) is 0 Å². The second-order valence-electron chi connectivity index (χ2n) is 4.28. The lowest BCUT2D eigenvalue weighted by Gasteiger charge is -2.08. The van der Waals surface area contributed by atoms with Gasteiger partial charge in [0.2, 0.25) is 0 Å². The van der Waals surface area contributed by atoms with Crippen molar-refractivity contribution in [1.29, 1.82) is 0 Å². The molecule has 0 amide bonds. The van der Waals surface area contributed by atoms with E-state index >= 15 is 0 Å². The van der Waals surface area contributed by atoms with E-state index in [0.717, 1.165) is 35.1 Å². The molecule has 1 aromatic carbocycles. The van der Waals surface area contributed by atoms with E-state index in [4.69, 9.17) is 16.0 Å². The summed E-state index contributed by atoms with van der Waals surface area (Å²) in [5, 5.41) is 1.67. The van der Waals surface area contributed by atoms with Crippen molar-refractivity contribution in [2.45, 2.75) is 19.3 Å². The number of halogens is 1. The van der Waals surface area contributed by atoms with Crippen molar-refractivity contribution in [3.63, 3.8) is 0 Å². The largest absolute Gasteiger partial charge is 0.456 e. The Morgan fingerprint density at radius 1 is 1.18 bits per heavy atom. The number of furan rings is 1. The average molecular weight is 247 g/mol. The molecule has 1 aliphatic rings. The van der Waals surface area contributed by atoms with Gasteiger partial charge in [-0.05, 0) is 48.8 Å². The van der Waals surface area contributed by atoms with Crippen LogP contribution in [0.5, 0.6) is 0 Å². The molecule has 17 heavy (non-hydrogen) atoms. The Kier molecular flexibility index (Phi) is 2.52. The summed E-state index contributed by atoms with van der Waals surface area (Å²) >= 11 is 5.93. The number of fused-ring (bicyclic) bond motifs is 1. The fourth-order valence-electron chi connectivity index (χ4n) is 2.16. The van der Waals surface area contributed by atoms with Crippen molar-refractivity contribution < 1.29 is 9.21 Å². The van der Waals surface area contributed by atoms with E-state index in [0.29, 0.717) is 11.4 Å². The molecule has 2 nitrogen and oxygen atoms in total. The van der Waals surface area contributed by atoms with Crippen LogP contribution in [0.4, 0.5) is 0 Å². The van der Waals surface area contributed by atoms with Crippen LogP contribution < -0.4 is 0 Å². The first kappa shape index (κ1) is 10.6. The number of carbonyl (C=O) groups is 1. The smallest absolute Gasteiger partial charge is 0.156 e. The van der Waals surface area contributed by atoms with E-state index in [2.05, 4.69) is 0 Å². The molecule has 1 aromatic heterocycles. The lowest BCUT2D eigenvalue weighted by molar-refractivity contribution is -0.114. The number of ketones is 1. The first-order valence-corrected chi connectivity index (χ1v) is 6.03. The van der Waals surface area contributed by atoms with Crippen LogP contribution in [-0.4, -0.2) is 5.78 Å². The molecule has 3 heteroatoms. The van der Waals surface area contributed by atoms with Gasteiger partial charge in [-0.15, -0.1) is 0 Å². The topological polar surface area (TPSA) is 30.2 Å². The molecule has 2 aromatic rings. The summed E-state index contributed by atoms with van der Waals surface area (Å²) in [4.78, 5) is 11.4. The van der Waals surface area contributed by atoms with Gasteiger partial charge >= 0.3 is 0 Å². The highest BCUT2D eigenvalue weighted by Gasteiger charge is 2.15. The van der Waals surface area contributed by atoms with Crippen molar-refractivity contribution in [2.24, 2.45) is 0 Å². The van der Waals surface area contributed by atoms with Gasteiger partial charge < -0.3 is 4.42 Å². The van der Waals surface area contributed by atoms with Crippen LogP contribution in [0.15, 0.2) is 34.8 Å². The normalized spacial score (nSPS) is 16.3. The summed E-state index contributed by atoms with van der Waals surface area (Å²) in [6.45, 7) is 0. The SMILES string of the molecule is O=C1C=C(c2cc3cc(Cl)ccc3o2)CCC1. The Bertz CT molecular complexity index is 622. The molecule has 3 rings (SSSR count). The van der Waals surface area contributed by atoms with E-state index in [1.807, 2.05) is 18.2 Å². The third kappa shape index (κ3) is 2.01. The van der Waals surface area contributed by atoms with E-state index in [1.54, 1.807) is 12.1 Å². The number of rotatable bonds is 1. The highest BCUT2D eigenvalue weighted by Crippen LogP contribution is 2.31. The number of hydrogen-bond donors (Lipinski definition) is 0. The van der Waals surface area contributed by atoms with Crippen molar-refractivity contribution in [3.05, 3.63) is 41.1 Å². The average Bonchev–Trinajstić information content (AvgIpc) is 2.72. The summed E-state index contributed by atoms with van der Waals surface area (Å²) in [5.41, 5.74) is 1.80. The zero-order chi connectivity index (χ0) is 11.8. The number of hydrogen-bond acceptors (Lipinski definition) is 2. The Hall–Kier alpha value is -1.54. The maximum atomic E-state index is 11.4. The molecule has 0 saturated heterocycles. The van der Waals surface area contributed by atoms with Crippen LogP contribution in [0.1, 0.15) is 25.0 Å². The summed E-state index contributed by atoms with van der Waals surface area (Å²) < 4.78 is 5.73. The van der Waals surface area contributed by atoms with Gasteiger partial charge in [-0.3, -0.25) is 4.79 Å². The van der Waals surface area contributed by atoms with Crippen LogP contribution in [0.2, 0.25) is 5.02 Å². The molecule has 0 spiro atoms. The fourth-order valence-corrected chi connectivity index (χ4v) is 2.34. The van der Waals surface area contributed by atoms with Crippen molar-refractivity contribution in [3.8, 4) is 0 Å². The van der Waals surface area contributed by atoms with Crippen LogP contribution in [0, 0.1) is 0 Å². The molecule has 0 bridgehead atoms. The van der Waals surface area contributed by atoms with E-state index in [1.165, 1.54) is 0 Å². The van der Waals surface area contributed by atoms with E-state index in [-0.39, 0.29) is 5.78 Å². The molecule has 0 saturated carbocycles. The fraction of sp³-hybridized carbons (Fsp3) is 0.214. The molecule has 1 heterocycles. The minimum Gasteiger partial charge on any atom is -0.456 e. The first-order valence-electron chi connectivity index (χ1n) is 5.65. The number of allylic oxidation sites excluding steroid dienone is 2. The van der Waals surface area contributed by atoms with Crippen LogP contribution in [0.25, 0.3) is 16.5 Å². The van der Waals surface area contributed by atoms with Gasteiger partial charge in [0.05, 0.1) is 0 Å². The van der Waals surface area contributed by atoms with E-state index < -0.39 is 0 Å². The van der Waals surface area contributed by atoms with Crippen LogP contribution in [0.3, 0.4) is 0 Å². The van der Waals surface area contributed by atoms with Gasteiger partial charge in [0.1, 0.15) is 11.3 Å². The molecule has 0 atom stereocenters. The first-order chi connectivity index (χ1) is 8.22. The maximum absolute atomic E-state index is 11.4. The van der Waals surface area contributed by atoms with Crippen LogP contribution in [-0.2, 0) is 4.79 Å². The zero-order valence-corrected chi connectivity index (χ0v) is 9.96. The van der Waals surface area contributed by atoms with Gasteiger partial charge in [0, 0.05) is 16.8 Å². The summed E-state index contributed by atoms with van der Waals surface area (Å²) in [5.74, 6) is 0.972. The van der Waals surface area contributed by atoms with Crippen LogP contribution >= 0.6 is 11.6 Å². The van der Waals surface area contributed by atoms with Gasteiger partial charge in [-0.1, -0.05) is 11.6 Å². The molecule has 0 aliphatic heterocycles. The van der Waals surface area contributed by atoms with Crippen molar-refractivity contribution in [2.75, 3.05) is 0 Å². The lowest BCUT2D eigenvalue weighted by atomic mass is 9.97. The molecule has 0 fully saturated rings.